The number of fused-ring (bicyclic) bond motifs is 1. The summed E-state index contributed by atoms with van der Waals surface area (Å²) in [6, 6.07) is 16.7. The van der Waals surface area contributed by atoms with Gasteiger partial charge < -0.3 is 9.51 Å². The summed E-state index contributed by atoms with van der Waals surface area (Å²) in [6.07, 6.45) is 6.01. The van der Waals surface area contributed by atoms with Gasteiger partial charge in [0, 0.05) is 36.6 Å². The summed E-state index contributed by atoms with van der Waals surface area (Å²) in [7, 11) is 0. The van der Waals surface area contributed by atoms with Crippen LogP contribution in [0.2, 0.25) is 0 Å². The van der Waals surface area contributed by atoms with Crippen molar-refractivity contribution in [2.24, 2.45) is 0 Å². The van der Waals surface area contributed by atoms with E-state index in [9.17, 15) is 5.11 Å². The summed E-state index contributed by atoms with van der Waals surface area (Å²) in [5, 5.41) is 10.2. The molecule has 1 aromatic carbocycles. The SMILES string of the molecule is OCC1(c2ccccc2)CCCN(Cc2cccc3nccn23)C1. The molecule has 1 atom stereocenters. The van der Waals surface area contributed by atoms with Crippen molar-refractivity contribution in [3.8, 4) is 0 Å². The first kappa shape index (κ1) is 15.4. The van der Waals surface area contributed by atoms with Crippen LogP contribution in [-0.2, 0) is 12.0 Å². The van der Waals surface area contributed by atoms with Gasteiger partial charge in [-0.1, -0.05) is 36.4 Å². The van der Waals surface area contributed by atoms with Crippen molar-refractivity contribution < 1.29 is 5.11 Å². The number of hydrogen-bond acceptors (Lipinski definition) is 3. The molecule has 124 valence electrons. The maximum absolute atomic E-state index is 10.2. The zero-order valence-electron chi connectivity index (χ0n) is 13.8. The van der Waals surface area contributed by atoms with E-state index in [2.05, 4.69) is 50.7 Å². The molecule has 1 N–H and O–H groups in total. The Kier molecular flexibility index (Phi) is 4.08. The molecular formula is C20H23N3O. The lowest BCUT2D eigenvalue weighted by atomic mass is 9.74. The van der Waals surface area contributed by atoms with Gasteiger partial charge in [-0.05, 0) is 37.1 Å². The van der Waals surface area contributed by atoms with Crippen molar-refractivity contribution in [2.75, 3.05) is 19.7 Å². The molecule has 2 aromatic heterocycles. The summed E-state index contributed by atoms with van der Waals surface area (Å²) >= 11 is 0. The summed E-state index contributed by atoms with van der Waals surface area (Å²) in [6.45, 7) is 3.03. The molecule has 0 spiro atoms. The van der Waals surface area contributed by atoms with E-state index in [1.807, 2.05) is 24.5 Å². The molecule has 24 heavy (non-hydrogen) atoms. The van der Waals surface area contributed by atoms with Gasteiger partial charge in [-0.25, -0.2) is 4.98 Å². The molecule has 1 aliphatic rings. The number of pyridine rings is 1. The van der Waals surface area contributed by atoms with Crippen LogP contribution in [0.4, 0.5) is 0 Å². The predicted octanol–water partition coefficient (Wildman–Crippen LogP) is 2.86. The molecule has 1 unspecified atom stereocenters. The maximum atomic E-state index is 10.2. The summed E-state index contributed by atoms with van der Waals surface area (Å²) in [4.78, 5) is 6.83. The van der Waals surface area contributed by atoms with E-state index in [1.165, 1.54) is 11.3 Å². The number of hydrogen-bond donors (Lipinski definition) is 1. The van der Waals surface area contributed by atoms with Crippen LogP contribution in [0.1, 0.15) is 24.1 Å². The largest absolute Gasteiger partial charge is 0.395 e. The zero-order chi connectivity index (χ0) is 16.4. The molecule has 0 radical (unpaired) electrons. The number of imidazole rings is 1. The molecular weight excluding hydrogens is 298 g/mol. The van der Waals surface area contributed by atoms with Gasteiger partial charge in [0.05, 0.1) is 6.61 Å². The minimum absolute atomic E-state index is 0.150. The standard InChI is InChI=1S/C20H23N3O/c24-16-20(17-6-2-1-3-7-17)10-5-12-22(15-20)14-18-8-4-9-19-21-11-13-23(18)19/h1-4,6-9,11,13,24H,5,10,12,14-16H2. The van der Waals surface area contributed by atoms with Crippen molar-refractivity contribution in [3.05, 3.63) is 72.2 Å². The molecule has 4 nitrogen and oxygen atoms in total. The topological polar surface area (TPSA) is 40.8 Å². The zero-order valence-corrected chi connectivity index (χ0v) is 13.8. The third-order valence-electron chi connectivity index (χ3n) is 5.24. The molecule has 0 bridgehead atoms. The highest BCUT2D eigenvalue weighted by atomic mass is 16.3. The molecule has 3 aromatic rings. The third kappa shape index (κ3) is 2.72. The Bertz CT molecular complexity index is 814. The molecule has 4 heteroatoms. The molecule has 0 amide bonds. The van der Waals surface area contributed by atoms with Gasteiger partial charge in [-0.2, -0.15) is 0 Å². The normalized spacial score (nSPS) is 22.0. The summed E-state index contributed by atoms with van der Waals surface area (Å²) < 4.78 is 2.15. The van der Waals surface area contributed by atoms with Crippen LogP contribution in [0.3, 0.4) is 0 Å². The summed E-state index contributed by atoms with van der Waals surface area (Å²) in [5.74, 6) is 0. The number of aliphatic hydroxyl groups excluding tert-OH is 1. The quantitative estimate of drug-likeness (QED) is 0.803. The lowest BCUT2D eigenvalue weighted by Gasteiger charge is -2.42. The van der Waals surface area contributed by atoms with E-state index < -0.39 is 0 Å². The maximum Gasteiger partial charge on any atom is 0.136 e. The molecule has 1 aliphatic heterocycles. The van der Waals surface area contributed by atoms with Gasteiger partial charge in [0.1, 0.15) is 5.65 Å². The van der Waals surface area contributed by atoms with Crippen molar-refractivity contribution in [1.82, 2.24) is 14.3 Å². The van der Waals surface area contributed by atoms with Gasteiger partial charge in [0.15, 0.2) is 0 Å². The fraction of sp³-hybridized carbons (Fsp3) is 0.350. The predicted molar refractivity (Wildman–Crippen MR) is 94.9 cm³/mol. The van der Waals surface area contributed by atoms with Gasteiger partial charge in [0.2, 0.25) is 0 Å². The molecule has 1 fully saturated rings. The van der Waals surface area contributed by atoms with Crippen LogP contribution in [0, 0.1) is 0 Å². The second-order valence-electron chi connectivity index (χ2n) is 6.79. The van der Waals surface area contributed by atoms with Crippen LogP contribution in [0.5, 0.6) is 0 Å². The lowest BCUT2D eigenvalue weighted by Crippen LogP contribution is -2.48. The smallest absolute Gasteiger partial charge is 0.136 e. The van der Waals surface area contributed by atoms with Gasteiger partial charge in [-0.15, -0.1) is 0 Å². The Morgan fingerprint density at radius 1 is 1.08 bits per heavy atom. The Balaban J connectivity index is 1.60. The fourth-order valence-electron chi connectivity index (χ4n) is 3.97. The first-order valence-electron chi connectivity index (χ1n) is 8.60. The van der Waals surface area contributed by atoms with Gasteiger partial charge in [0.25, 0.3) is 0 Å². The number of nitrogens with zero attached hydrogens (tertiary/aromatic N) is 3. The van der Waals surface area contributed by atoms with E-state index in [4.69, 9.17) is 0 Å². The van der Waals surface area contributed by atoms with Crippen LogP contribution in [0.25, 0.3) is 5.65 Å². The number of likely N-dealkylation sites (tertiary alicyclic amines) is 1. The van der Waals surface area contributed by atoms with Crippen LogP contribution in [-0.4, -0.2) is 39.1 Å². The molecule has 4 rings (SSSR count). The number of aliphatic hydroxyl groups is 1. The molecule has 0 aliphatic carbocycles. The Labute approximate surface area is 142 Å². The number of piperidine rings is 1. The average Bonchev–Trinajstić information content (AvgIpc) is 3.12. The number of benzene rings is 1. The molecule has 1 saturated heterocycles. The first-order valence-corrected chi connectivity index (χ1v) is 8.60. The Morgan fingerprint density at radius 3 is 2.79 bits per heavy atom. The van der Waals surface area contributed by atoms with Gasteiger partial charge in [-0.3, -0.25) is 4.90 Å². The van der Waals surface area contributed by atoms with Gasteiger partial charge >= 0.3 is 0 Å². The van der Waals surface area contributed by atoms with Crippen molar-refractivity contribution >= 4 is 5.65 Å². The molecule has 3 heterocycles. The van der Waals surface area contributed by atoms with E-state index in [0.29, 0.717) is 0 Å². The fourth-order valence-corrected chi connectivity index (χ4v) is 3.97. The van der Waals surface area contributed by atoms with E-state index in [0.717, 1.165) is 38.1 Å². The van der Waals surface area contributed by atoms with E-state index in [1.54, 1.807) is 0 Å². The summed E-state index contributed by atoms with van der Waals surface area (Å²) in [5.41, 5.74) is 3.33. The third-order valence-corrected chi connectivity index (χ3v) is 5.24. The monoisotopic (exact) mass is 321 g/mol. The lowest BCUT2D eigenvalue weighted by molar-refractivity contribution is 0.0841. The molecule has 0 saturated carbocycles. The Morgan fingerprint density at radius 2 is 1.96 bits per heavy atom. The Hall–Kier alpha value is -2.17. The van der Waals surface area contributed by atoms with Crippen LogP contribution >= 0.6 is 0 Å². The van der Waals surface area contributed by atoms with Crippen LogP contribution in [0.15, 0.2) is 60.9 Å². The minimum Gasteiger partial charge on any atom is -0.395 e. The second-order valence-corrected chi connectivity index (χ2v) is 6.79. The highest BCUT2D eigenvalue weighted by molar-refractivity contribution is 5.39. The van der Waals surface area contributed by atoms with E-state index in [-0.39, 0.29) is 12.0 Å². The van der Waals surface area contributed by atoms with Crippen molar-refractivity contribution in [1.29, 1.82) is 0 Å². The number of aromatic nitrogens is 2. The van der Waals surface area contributed by atoms with Crippen molar-refractivity contribution in [2.45, 2.75) is 24.8 Å². The average molecular weight is 321 g/mol. The minimum atomic E-state index is -0.150. The highest BCUT2D eigenvalue weighted by Gasteiger charge is 2.36. The van der Waals surface area contributed by atoms with E-state index >= 15 is 0 Å². The second kappa shape index (κ2) is 6.38. The number of rotatable bonds is 4. The first-order chi connectivity index (χ1) is 11.8. The highest BCUT2D eigenvalue weighted by Crippen LogP contribution is 2.34. The van der Waals surface area contributed by atoms with Crippen molar-refractivity contribution in [3.63, 3.8) is 0 Å². The van der Waals surface area contributed by atoms with Crippen LogP contribution < -0.4 is 0 Å².